The quantitative estimate of drug-likeness (QED) is 0.0211. The fourth-order valence-corrected chi connectivity index (χ4v) is 7.97. The molecule has 0 aromatic carbocycles. The predicted molar refractivity (Wildman–Crippen MR) is 330 cm³/mol. The van der Waals surface area contributed by atoms with Crippen molar-refractivity contribution in [3.63, 3.8) is 0 Å². The van der Waals surface area contributed by atoms with Gasteiger partial charge in [-0.3, -0.25) is 18.6 Å². The average Bonchev–Trinajstić information content (AvgIpc) is 3.39. The summed E-state index contributed by atoms with van der Waals surface area (Å²) in [5, 5.41) is 0. The number of phosphoric ester groups is 1. The summed E-state index contributed by atoms with van der Waals surface area (Å²) in [6.07, 6.45) is 84.7. The molecule has 0 aromatic rings. The first-order chi connectivity index (χ1) is 37.5. The van der Waals surface area contributed by atoms with Crippen LogP contribution in [0.2, 0.25) is 0 Å². The van der Waals surface area contributed by atoms with Gasteiger partial charge in [0.15, 0.2) is 6.10 Å². The molecule has 2 atom stereocenters. The molecule has 0 radical (unpaired) electrons. The zero-order valence-electron chi connectivity index (χ0n) is 49.1. The number of allylic oxidation sites excluding steroid dienone is 26. The Morgan fingerprint density at radius 2 is 0.740 bits per heavy atom. The fraction of sp³-hybridized carbons (Fsp3) is 0.582. The molecule has 0 heterocycles. The van der Waals surface area contributed by atoms with E-state index in [0.29, 0.717) is 23.9 Å². The van der Waals surface area contributed by atoms with Crippen molar-refractivity contribution in [3.8, 4) is 0 Å². The van der Waals surface area contributed by atoms with E-state index in [1.165, 1.54) is 38.5 Å². The summed E-state index contributed by atoms with van der Waals surface area (Å²) >= 11 is 0. The monoisotopic (exact) mass is 1090 g/mol. The van der Waals surface area contributed by atoms with Gasteiger partial charge in [-0.2, -0.15) is 0 Å². The number of esters is 2. The summed E-state index contributed by atoms with van der Waals surface area (Å²) in [6, 6.07) is 0. The van der Waals surface area contributed by atoms with Crippen LogP contribution in [0.1, 0.15) is 200 Å². The number of ether oxygens (including phenoxy) is 2. The van der Waals surface area contributed by atoms with E-state index >= 15 is 0 Å². The highest BCUT2D eigenvalue weighted by molar-refractivity contribution is 7.47. The molecule has 0 fully saturated rings. The maximum Gasteiger partial charge on any atom is 0.472 e. The van der Waals surface area contributed by atoms with Gasteiger partial charge < -0.3 is 18.9 Å². The molecule has 0 aliphatic rings. The molecule has 0 bridgehead atoms. The number of carbonyl (C=O) groups excluding carboxylic acids is 2. The minimum Gasteiger partial charge on any atom is -0.462 e. The van der Waals surface area contributed by atoms with Crippen LogP contribution in [0.25, 0.3) is 0 Å². The van der Waals surface area contributed by atoms with E-state index in [1.807, 2.05) is 21.1 Å². The molecule has 0 saturated carbocycles. The van der Waals surface area contributed by atoms with Crippen LogP contribution in [0.4, 0.5) is 0 Å². The lowest BCUT2D eigenvalue weighted by Gasteiger charge is -2.24. The second-order valence-electron chi connectivity index (χ2n) is 20.3. The van der Waals surface area contributed by atoms with Gasteiger partial charge in [-0.15, -0.1) is 0 Å². The van der Waals surface area contributed by atoms with Crippen LogP contribution in [0.5, 0.6) is 0 Å². The van der Waals surface area contributed by atoms with Crippen LogP contribution in [-0.2, 0) is 32.7 Å². The Bertz CT molecular complexity index is 1850. The van der Waals surface area contributed by atoms with Crippen LogP contribution in [0.3, 0.4) is 0 Å². The predicted octanol–water partition coefficient (Wildman–Crippen LogP) is 18.9. The molecule has 0 aromatic heterocycles. The first-order valence-electron chi connectivity index (χ1n) is 29.7. The highest BCUT2D eigenvalue weighted by Crippen LogP contribution is 2.43. The largest absolute Gasteiger partial charge is 0.472 e. The smallest absolute Gasteiger partial charge is 0.462 e. The van der Waals surface area contributed by atoms with E-state index in [2.05, 4.69) is 172 Å². The van der Waals surface area contributed by atoms with Gasteiger partial charge in [0.2, 0.25) is 0 Å². The van der Waals surface area contributed by atoms with Crippen LogP contribution >= 0.6 is 7.82 Å². The van der Waals surface area contributed by atoms with Crippen molar-refractivity contribution in [3.05, 3.63) is 158 Å². The summed E-state index contributed by atoms with van der Waals surface area (Å²) in [4.78, 5) is 35.6. The number of carbonyl (C=O) groups is 2. The van der Waals surface area contributed by atoms with Crippen molar-refractivity contribution in [2.75, 3.05) is 47.5 Å². The lowest BCUT2D eigenvalue weighted by atomic mass is 10.1. The molecule has 10 heteroatoms. The molecule has 0 spiro atoms. The third-order valence-electron chi connectivity index (χ3n) is 11.8. The minimum absolute atomic E-state index is 0.0134. The second kappa shape index (κ2) is 56.4. The minimum atomic E-state index is -4.41. The highest BCUT2D eigenvalue weighted by atomic mass is 31.2. The number of hydrogen-bond acceptors (Lipinski definition) is 7. The standard InChI is InChI=1S/C67H108NO8P/c1-6-8-10-12-14-16-18-20-22-23-24-25-26-27-28-29-30-31-32-33-34-35-36-37-38-39-40-41-42-43-44-45-46-48-50-52-54-56-58-60-67(70)76-65(64-75-77(71,72)74-62-61-68(3,4)5)63-73-66(69)59-57-55-53-51-49-47-21-19-17-15-13-11-9-7-2/h8,10,14,16,19-22,24-25,27-28,30-31,33-34,36-37,39-40,42-43,45-46,50,52,65H,6-7,9,11-13,15,17-18,23,26,29,32,35,38,41,44,47-49,51,53-64H2,1-5H3/p+1/b10-8-,16-14-,21-19-,22-20-,25-24-,28-27-,31-30-,34-33-,37-36-,40-39-,43-42-,46-45-,52-50-. The molecule has 0 aliphatic carbocycles. The number of likely N-dealkylation sites (N-methyl/N-ethyl adjacent to an activating group) is 1. The Morgan fingerprint density at radius 3 is 1.14 bits per heavy atom. The summed E-state index contributed by atoms with van der Waals surface area (Å²) in [6.45, 7) is 4.22. The van der Waals surface area contributed by atoms with Crippen LogP contribution < -0.4 is 0 Å². The Labute approximate surface area is 471 Å². The first kappa shape index (κ1) is 72.6. The van der Waals surface area contributed by atoms with Gasteiger partial charge in [0, 0.05) is 12.8 Å². The Kier molecular flexibility index (Phi) is 53.2. The number of phosphoric acid groups is 1. The third kappa shape index (κ3) is 60.7. The molecular weight excluding hydrogens is 978 g/mol. The summed E-state index contributed by atoms with van der Waals surface area (Å²) in [5.41, 5.74) is 0. The highest BCUT2D eigenvalue weighted by Gasteiger charge is 2.27. The molecule has 9 nitrogen and oxygen atoms in total. The molecule has 434 valence electrons. The SMILES string of the molecule is CC/C=C\C/C=C\C/C=C\C/C=C\C/C=C\C/C=C\C/C=C\C/C=C\C/C=C\C/C=C\C/C=C\C/C=C\CCCCC(=O)OC(COC(=O)CCCCCCC/C=C\CCCCCCC)COP(=O)(O)OCC[N+](C)(C)C. The maximum absolute atomic E-state index is 12.8. The van der Waals surface area contributed by atoms with Gasteiger partial charge in [0.05, 0.1) is 27.7 Å². The second-order valence-corrected chi connectivity index (χ2v) is 21.7. The molecule has 0 amide bonds. The number of nitrogens with zero attached hydrogens (tertiary/aromatic N) is 1. The molecule has 0 saturated heterocycles. The normalized spacial score (nSPS) is 14.4. The summed E-state index contributed by atoms with van der Waals surface area (Å²) < 4.78 is 34.4. The lowest BCUT2D eigenvalue weighted by molar-refractivity contribution is -0.870. The molecule has 77 heavy (non-hydrogen) atoms. The van der Waals surface area contributed by atoms with Crippen molar-refractivity contribution in [1.29, 1.82) is 0 Å². The number of quaternary nitrogens is 1. The van der Waals surface area contributed by atoms with Crippen molar-refractivity contribution in [2.45, 2.75) is 206 Å². The Balaban J connectivity index is 4.25. The molecule has 0 aliphatic heterocycles. The van der Waals surface area contributed by atoms with E-state index in [9.17, 15) is 19.0 Å². The van der Waals surface area contributed by atoms with Crippen molar-refractivity contribution < 1.29 is 42.1 Å². The van der Waals surface area contributed by atoms with E-state index in [4.69, 9.17) is 18.5 Å². The fourth-order valence-electron chi connectivity index (χ4n) is 7.22. The van der Waals surface area contributed by atoms with Crippen LogP contribution in [0.15, 0.2) is 158 Å². The van der Waals surface area contributed by atoms with E-state index < -0.39 is 32.5 Å². The van der Waals surface area contributed by atoms with Crippen molar-refractivity contribution >= 4 is 19.8 Å². The van der Waals surface area contributed by atoms with Crippen LogP contribution in [-0.4, -0.2) is 74.9 Å². The molecule has 2 unspecified atom stereocenters. The average molecular weight is 1090 g/mol. The Hall–Kier alpha value is -4.37. The van der Waals surface area contributed by atoms with Crippen molar-refractivity contribution in [2.24, 2.45) is 0 Å². The number of unbranched alkanes of at least 4 members (excludes halogenated alkanes) is 12. The van der Waals surface area contributed by atoms with Gasteiger partial charge >= 0.3 is 19.8 Å². The third-order valence-corrected chi connectivity index (χ3v) is 12.8. The zero-order valence-corrected chi connectivity index (χ0v) is 50.0. The first-order valence-corrected chi connectivity index (χ1v) is 31.2. The van der Waals surface area contributed by atoms with Gasteiger partial charge in [-0.25, -0.2) is 4.57 Å². The van der Waals surface area contributed by atoms with Gasteiger partial charge in [0.25, 0.3) is 0 Å². The maximum atomic E-state index is 12.8. The molecule has 0 rings (SSSR count). The van der Waals surface area contributed by atoms with Gasteiger partial charge in [-0.1, -0.05) is 217 Å². The lowest BCUT2D eigenvalue weighted by Crippen LogP contribution is -2.37. The van der Waals surface area contributed by atoms with Gasteiger partial charge in [0.1, 0.15) is 19.8 Å². The van der Waals surface area contributed by atoms with E-state index in [1.54, 1.807) is 0 Å². The van der Waals surface area contributed by atoms with E-state index in [-0.39, 0.29) is 26.1 Å². The van der Waals surface area contributed by atoms with E-state index in [0.717, 1.165) is 122 Å². The topological polar surface area (TPSA) is 108 Å². The number of hydrogen-bond donors (Lipinski definition) is 1. The molecule has 1 N–H and O–H groups in total. The molecular formula is C67H109NO8P+. The van der Waals surface area contributed by atoms with Crippen molar-refractivity contribution in [1.82, 2.24) is 0 Å². The summed E-state index contributed by atoms with van der Waals surface area (Å²) in [5.74, 6) is -0.872. The van der Waals surface area contributed by atoms with Crippen LogP contribution in [0, 0.1) is 0 Å². The van der Waals surface area contributed by atoms with Gasteiger partial charge in [-0.05, 0) is 128 Å². The summed E-state index contributed by atoms with van der Waals surface area (Å²) in [7, 11) is 1.42. The number of rotatable bonds is 52. The Morgan fingerprint density at radius 1 is 0.416 bits per heavy atom. The zero-order chi connectivity index (χ0) is 56.3.